The van der Waals surface area contributed by atoms with Crippen molar-refractivity contribution < 1.29 is 9.53 Å². The topological polar surface area (TPSA) is 62.1 Å². The van der Waals surface area contributed by atoms with E-state index in [-0.39, 0.29) is 5.91 Å². The van der Waals surface area contributed by atoms with Crippen LogP contribution >= 0.6 is 0 Å². The first kappa shape index (κ1) is 14.9. The molecule has 0 saturated heterocycles. The lowest BCUT2D eigenvalue weighted by atomic mass is 10.2. The van der Waals surface area contributed by atoms with Crippen LogP contribution in [0.1, 0.15) is 25.3 Å². The number of amides is 1. The molecule has 0 bridgehead atoms. The van der Waals surface area contributed by atoms with Gasteiger partial charge in [-0.05, 0) is 44.0 Å². The highest BCUT2D eigenvalue weighted by atomic mass is 16.5. The van der Waals surface area contributed by atoms with Crippen molar-refractivity contribution in [1.29, 1.82) is 5.26 Å². The van der Waals surface area contributed by atoms with Crippen LogP contribution in [0.25, 0.3) is 0 Å². The lowest BCUT2D eigenvalue weighted by Gasteiger charge is -2.13. The van der Waals surface area contributed by atoms with Crippen molar-refractivity contribution in [2.75, 3.05) is 11.9 Å². The highest BCUT2D eigenvalue weighted by Crippen LogP contribution is 2.09. The van der Waals surface area contributed by atoms with Crippen molar-refractivity contribution in [3.05, 3.63) is 42.5 Å². The van der Waals surface area contributed by atoms with Crippen LogP contribution in [-0.4, -0.2) is 18.6 Å². The third-order valence-electron chi connectivity index (χ3n) is 2.57. The molecular formula is C15H18N2O2. The van der Waals surface area contributed by atoms with Gasteiger partial charge in [0.05, 0.1) is 11.6 Å². The molecule has 0 heterocycles. The Labute approximate surface area is 113 Å². The molecule has 4 heteroatoms. The van der Waals surface area contributed by atoms with E-state index in [1.54, 1.807) is 31.2 Å². The lowest BCUT2D eigenvalue weighted by Crippen LogP contribution is -2.28. The van der Waals surface area contributed by atoms with Gasteiger partial charge in [0.2, 0.25) is 0 Å². The summed E-state index contributed by atoms with van der Waals surface area (Å²) in [5, 5.41) is 11.4. The van der Waals surface area contributed by atoms with Crippen LogP contribution in [0.5, 0.6) is 0 Å². The summed E-state index contributed by atoms with van der Waals surface area (Å²) in [6, 6.07) is 8.73. The Kier molecular flexibility index (Phi) is 6.34. The molecule has 1 atom stereocenters. The maximum Gasteiger partial charge on any atom is 0.253 e. The quantitative estimate of drug-likeness (QED) is 0.604. The van der Waals surface area contributed by atoms with Crippen molar-refractivity contribution in [1.82, 2.24) is 0 Å². The Morgan fingerprint density at radius 1 is 1.53 bits per heavy atom. The van der Waals surface area contributed by atoms with Crippen molar-refractivity contribution in [2.24, 2.45) is 0 Å². The van der Waals surface area contributed by atoms with Gasteiger partial charge in [-0.1, -0.05) is 6.08 Å². The van der Waals surface area contributed by atoms with Crippen molar-refractivity contribution in [2.45, 2.75) is 25.9 Å². The largest absolute Gasteiger partial charge is 0.369 e. The number of carbonyl (C=O) groups excluding carboxylic acids is 1. The van der Waals surface area contributed by atoms with Crippen LogP contribution in [-0.2, 0) is 9.53 Å². The molecule has 0 aliphatic heterocycles. The number of nitriles is 1. The van der Waals surface area contributed by atoms with E-state index < -0.39 is 6.10 Å². The van der Waals surface area contributed by atoms with Crippen molar-refractivity contribution >= 4 is 11.6 Å². The predicted molar refractivity (Wildman–Crippen MR) is 74.6 cm³/mol. The van der Waals surface area contributed by atoms with Gasteiger partial charge in [-0.15, -0.1) is 6.58 Å². The van der Waals surface area contributed by atoms with Gasteiger partial charge in [-0.2, -0.15) is 5.26 Å². The fourth-order valence-corrected chi connectivity index (χ4v) is 1.44. The molecule has 1 unspecified atom stereocenters. The molecule has 0 fully saturated rings. The first-order chi connectivity index (χ1) is 9.17. The van der Waals surface area contributed by atoms with Gasteiger partial charge in [0.25, 0.3) is 5.91 Å². The Balaban J connectivity index is 2.40. The first-order valence-corrected chi connectivity index (χ1v) is 6.21. The molecule has 1 amide bonds. The average Bonchev–Trinajstić information content (AvgIpc) is 2.44. The van der Waals surface area contributed by atoms with Crippen LogP contribution in [0.3, 0.4) is 0 Å². The maximum absolute atomic E-state index is 11.8. The van der Waals surface area contributed by atoms with Crippen LogP contribution in [0.2, 0.25) is 0 Å². The van der Waals surface area contributed by atoms with Crippen LogP contribution in [0, 0.1) is 11.3 Å². The summed E-state index contributed by atoms with van der Waals surface area (Å²) in [6.45, 7) is 5.88. The normalized spacial score (nSPS) is 11.4. The second kappa shape index (κ2) is 8.06. The van der Waals surface area contributed by atoms with Crippen molar-refractivity contribution in [3.8, 4) is 6.07 Å². The number of ether oxygens (including phenoxy) is 1. The number of allylic oxidation sites excluding steroid dienone is 1. The van der Waals surface area contributed by atoms with Crippen LogP contribution < -0.4 is 5.32 Å². The second-order valence-corrected chi connectivity index (χ2v) is 4.12. The number of unbranched alkanes of at least 4 members (excludes halogenated alkanes) is 1. The van der Waals surface area contributed by atoms with Gasteiger partial charge in [-0.3, -0.25) is 4.79 Å². The predicted octanol–water partition coefficient (Wildman–Crippen LogP) is 2.87. The number of nitrogens with zero attached hydrogens (tertiary/aromatic N) is 1. The standard InChI is InChI=1S/C15H18N2O2/c1-3-4-5-10-19-12(2)15(18)17-14-8-6-13(11-16)7-9-14/h3,6-9,12H,1,4-5,10H2,2H3,(H,17,18). The van der Waals surface area contributed by atoms with Gasteiger partial charge >= 0.3 is 0 Å². The minimum absolute atomic E-state index is 0.191. The summed E-state index contributed by atoms with van der Waals surface area (Å²) in [7, 11) is 0. The number of benzene rings is 1. The summed E-state index contributed by atoms with van der Waals surface area (Å²) >= 11 is 0. The Hall–Kier alpha value is -2.12. The highest BCUT2D eigenvalue weighted by molar-refractivity contribution is 5.93. The molecule has 0 radical (unpaired) electrons. The molecule has 1 aromatic carbocycles. The summed E-state index contributed by atoms with van der Waals surface area (Å²) in [5.41, 5.74) is 1.22. The van der Waals surface area contributed by atoms with E-state index in [9.17, 15) is 4.79 Å². The van der Waals surface area contributed by atoms with Gasteiger partial charge in [-0.25, -0.2) is 0 Å². The van der Waals surface area contributed by atoms with E-state index in [0.29, 0.717) is 17.9 Å². The molecule has 4 nitrogen and oxygen atoms in total. The monoisotopic (exact) mass is 258 g/mol. The Morgan fingerprint density at radius 2 is 2.21 bits per heavy atom. The Morgan fingerprint density at radius 3 is 2.79 bits per heavy atom. The zero-order chi connectivity index (χ0) is 14.1. The summed E-state index contributed by atoms with van der Waals surface area (Å²) in [6.07, 6.45) is 3.06. The fourth-order valence-electron chi connectivity index (χ4n) is 1.44. The molecule has 0 aliphatic rings. The van der Waals surface area contributed by atoms with E-state index in [1.807, 2.05) is 12.1 Å². The molecule has 1 rings (SSSR count). The molecule has 0 saturated carbocycles. The molecule has 0 spiro atoms. The number of hydrogen-bond acceptors (Lipinski definition) is 3. The summed E-state index contributed by atoms with van der Waals surface area (Å²) in [4.78, 5) is 11.8. The summed E-state index contributed by atoms with van der Waals surface area (Å²) in [5.74, 6) is -0.191. The number of nitrogens with one attached hydrogen (secondary N) is 1. The lowest BCUT2D eigenvalue weighted by molar-refractivity contribution is -0.126. The van der Waals surface area contributed by atoms with Crippen molar-refractivity contribution in [3.63, 3.8) is 0 Å². The molecule has 1 N–H and O–H groups in total. The van der Waals surface area contributed by atoms with Gasteiger partial charge in [0, 0.05) is 12.3 Å². The van der Waals surface area contributed by atoms with E-state index in [0.717, 1.165) is 12.8 Å². The molecule has 0 aliphatic carbocycles. The number of hydrogen-bond donors (Lipinski definition) is 1. The van der Waals surface area contributed by atoms with E-state index >= 15 is 0 Å². The van der Waals surface area contributed by atoms with E-state index in [4.69, 9.17) is 10.00 Å². The molecule has 1 aromatic rings. The summed E-state index contributed by atoms with van der Waals surface area (Å²) < 4.78 is 5.41. The minimum Gasteiger partial charge on any atom is -0.369 e. The molecule has 0 aromatic heterocycles. The van der Waals surface area contributed by atoms with Gasteiger partial charge < -0.3 is 10.1 Å². The van der Waals surface area contributed by atoms with Crippen LogP contribution in [0.15, 0.2) is 36.9 Å². The van der Waals surface area contributed by atoms with E-state index in [1.165, 1.54) is 0 Å². The third kappa shape index (κ3) is 5.36. The van der Waals surface area contributed by atoms with Gasteiger partial charge in [0.15, 0.2) is 0 Å². The smallest absolute Gasteiger partial charge is 0.253 e. The van der Waals surface area contributed by atoms with Crippen LogP contribution in [0.4, 0.5) is 5.69 Å². The van der Waals surface area contributed by atoms with E-state index in [2.05, 4.69) is 11.9 Å². The third-order valence-corrected chi connectivity index (χ3v) is 2.57. The highest BCUT2D eigenvalue weighted by Gasteiger charge is 2.12. The molecule has 19 heavy (non-hydrogen) atoms. The van der Waals surface area contributed by atoms with Gasteiger partial charge in [0.1, 0.15) is 6.10 Å². The minimum atomic E-state index is -0.500. The molecular weight excluding hydrogens is 240 g/mol. The number of carbonyl (C=O) groups is 1. The fraction of sp³-hybridized carbons (Fsp3) is 0.333. The SMILES string of the molecule is C=CCCCOC(C)C(=O)Nc1ccc(C#N)cc1. The molecule has 100 valence electrons. The average molecular weight is 258 g/mol. The second-order valence-electron chi connectivity index (χ2n) is 4.12. The zero-order valence-corrected chi connectivity index (χ0v) is 11.1. The number of rotatable bonds is 7. The number of anilines is 1. The maximum atomic E-state index is 11.8. The first-order valence-electron chi connectivity index (χ1n) is 6.21. The Bertz CT molecular complexity index is 460. The zero-order valence-electron chi connectivity index (χ0n) is 11.1.